The van der Waals surface area contributed by atoms with Gasteiger partial charge in [0.25, 0.3) is 0 Å². The Kier molecular flexibility index (Phi) is 3.36. The van der Waals surface area contributed by atoms with Crippen molar-refractivity contribution in [2.75, 3.05) is 0 Å². The van der Waals surface area contributed by atoms with Crippen molar-refractivity contribution in [3.8, 4) is 5.75 Å². The summed E-state index contributed by atoms with van der Waals surface area (Å²) in [4.78, 5) is 0. The van der Waals surface area contributed by atoms with Crippen LogP contribution in [0.3, 0.4) is 0 Å². The van der Waals surface area contributed by atoms with Crippen LogP contribution < -0.4 is 10.5 Å². The summed E-state index contributed by atoms with van der Waals surface area (Å²) >= 11 is 5.94. The van der Waals surface area contributed by atoms with Gasteiger partial charge in [-0.2, -0.15) is 0 Å². The molecule has 0 heterocycles. The number of amidine groups is 1. The lowest BCUT2D eigenvalue weighted by molar-refractivity contribution is 0.242. The summed E-state index contributed by atoms with van der Waals surface area (Å²) in [6.45, 7) is 3.85. The van der Waals surface area contributed by atoms with Crippen LogP contribution in [0.25, 0.3) is 0 Å². The maximum Gasteiger partial charge on any atom is 0.138 e. The second-order valence-corrected chi connectivity index (χ2v) is 3.63. The van der Waals surface area contributed by atoms with Crippen LogP contribution in [0.4, 0.5) is 0 Å². The number of nitrogen functional groups attached to an aromatic ring is 1. The smallest absolute Gasteiger partial charge is 0.138 e. The van der Waals surface area contributed by atoms with Crippen molar-refractivity contribution >= 4 is 17.4 Å². The minimum absolute atomic E-state index is 0.00277. The average Bonchev–Trinajstić information content (AvgIpc) is 2.07. The van der Waals surface area contributed by atoms with Crippen LogP contribution in [0.15, 0.2) is 18.2 Å². The Labute approximate surface area is 88.3 Å². The molecule has 0 aliphatic heterocycles. The van der Waals surface area contributed by atoms with Crippen LogP contribution >= 0.6 is 11.6 Å². The van der Waals surface area contributed by atoms with Gasteiger partial charge in [-0.05, 0) is 32.0 Å². The molecule has 4 heteroatoms. The molecule has 14 heavy (non-hydrogen) atoms. The van der Waals surface area contributed by atoms with Crippen LogP contribution in [-0.4, -0.2) is 11.9 Å². The van der Waals surface area contributed by atoms with E-state index in [9.17, 15) is 0 Å². The lowest BCUT2D eigenvalue weighted by Gasteiger charge is -2.11. The zero-order valence-electron chi connectivity index (χ0n) is 8.17. The van der Waals surface area contributed by atoms with E-state index in [4.69, 9.17) is 27.5 Å². The van der Waals surface area contributed by atoms with Gasteiger partial charge in [0.2, 0.25) is 0 Å². The summed E-state index contributed by atoms with van der Waals surface area (Å²) in [6, 6.07) is 5.06. The van der Waals surface area contributed by atoms with E-state index in [2.05, 4.69) is 0 Å². The Hall–Kier alpha value is -1.22. The third kappa shape index (κ3) is 2.64. The Balaban J connectivity index is 2.95. The second-order valence-electron chi connectivity index (χ2n) is 3.23. The Morgan fingerprint density at radius 3 is 2.57 bits per heavy atom. The molecule has 1 rings (SSSR count). The third-order valence-corrected chi connectivity index (χ3v) is 1.90. The second kappa shape index (κ2) is 4.33. The molecule has 0 spiro atoms. The quantitative estimate of drug-likeness (QED) is 0.597. The molecule has 0 aliphatic rings. The molecular formula is C10H13ClN2O. The molecule has 76 valence electrons. The maximum absolute atomic E-state index is 7.22. The molecule has 0 unspecified atom stereocenters. The number of nitrogens with two attached hydrogens (primary N) is 1. The monoisotopic (exact) mass is 212 g/mol. The number of halogens is 1. The van der Waals surface area contributed by atoms with Crippen molar-refractivity contribution in [1.82, 2.24) is 0 Å². The highest BCUT2D eigenvalue weighted by Crippen LogP contribution is 2.26. The lowest BCUT2D eigenvalue weighted by atomic mass is 10.2. The number of hydrogen-bond acceptors (Lipinski definition) is 2. The van der Waals surface area contributed by atoms with E-state index in [1.165, 1.54) is 0 Å². The van der Waals surface area contributed by atoms with Crippen LogP contribution in [-0.2, 0) is 0 Å². The van der Waals surface area contributed by atoms with Crippen LogP contribution in [0, 0.1) is 5.41 Å². The highest BCUT2D eigenvalue weighted by Gasteiger charge is 2.05. The van der Waals surface area contributed by atoms with E-state index in [0.29, 0.717) is 16.3 Å². The van der Waals surface area contributed by atoms with Gasteiger partial charge in [0, 0.05) is 5.56 Å². The maximum atomic E-state index is 7.22. The molecule has 0 radical (unpaired) electrons. The van der Waals surface area contributed by atoms with Crippen LogP contribution in [0.2, 0.25) is 5.02 Å². The fourth-order valence-corrected chi connectivity index (χ4v) is 1.24. The van der Waals surface area contributed by atoms with Gasteiger partial charge >= 0.3 is 0 Å². The zero-order chi connectivity index (χ0) is 10.7. The van der Waals surface area contributed by atoms with Gasteiger partial charge in [-0.25, -0.2) is 0 Å². The van der Waals surface area contributed by atoms with Crippen molar-refractivity contribution in [2.45, 2.75) is 20.0 Å². The fourth-order valence-electron chi connectivity index (χ4n) is 1.02. The normalized spacial score (nSPS) is 10.3. The molecular weight excluding hydrogens is 200 g/mol. The summed E-state index contributed by atoms with van der Waals surface area (Å²) in [5, 5.41) is 7.70. The molecule has 0 saturated carbocycles. The minimum Gasteiger partial charge on any atom is -0.489 e. The summed E-state index contributed by atoms with van der Waals surface area (Å²) in [7, 11) is 0. The molecule has 3 N–H and O–H groups in total. The number of hydrogen-bond donors (Lipinski definition) is 2. The number of nitrogens with one attached hydrogen (secondary N) is 1. The zero-order valence-corrected chi connectivity index (χ0v) is 8.93. The van der Waals surface area contributed by atoms with E-state index >= 15 is 0 Å². The summed E-state index contributed by atoms with van der Waals surface area (Å²) in [6.07, 6.45) is 0.0793. The molecule has 1 aromatic carbocycles. The third-order valence-electron chi connectivity index (χ3n) is 1.61. The number of ether oxygens (including phenoxy) is 1. The standard InChI is InChI=1S/C10H13ClN2O/c1-6(2)14-9-4-3-7(10(12)13)5-8(9)11/h3-6H,1-2H3,(H3,12,13). The summed E-state index contributed by atoms with van der Waals surface area (Å²) in [5.41, 5.74) is 5.92. The fraction of sp³-hybridized carbons (Fsp3) is 0.300. The molecule has 0 amide bonds. The van der Waals surface area contributed by atoms with Gasteiger partial charge in [0.15, 0.2) is 0 Å². The first-order valence-electron chi connectivity index (χ1n) is 4.31. The van der Waals surface area contributed by atoms with Crippen molar-refractivity contribution in [3.05, 3.63) is 28.8 Å². The largest absolute Gasteiger partial charge is 0.489 e. The van der Waals surface area contributed by atoms with Crippen molar-refractivity contribution in [3.63, 3.8) is 0 Å². The molecule has 0 bridgehead atoms. The predicted octanol–water partition coefficient (Wildman–Crippen LogP) is 2.41. The average molecular weight is 213 g/mol. The first-order valence-corrected chi connectivity index (χ1v) is 4.69. The number of rotatable bonds is 3. The molecule has 0 aromatic heterocycles. The van der Waals surface area contributed by atoms with Gasteiger partial charge in [-0.3, -0.25) is 5.41 Å². The van der Waals surface area contributed by atoms with E-state index in [0.717, 1.165) is 0 Å². The van der Waals surface area contributed by atoms with Gasteiger partial charge < -0.3 is 10.5 Å². The van der Waals surface area contributed by atoms with E-state index in [1.54, 1.807) is 18.2 Å². The highest BCUT2D eigenvalue weighted by atomic mass is 35.5. The van der Waals surface area contributed by atoms with Gasteiger partial charge in [-0.1, -0.05) is 11.6 Å². The molecule has 0 saturated heterocycles. The van der Waals surface area contributed by atoms with E-state index < -0.39 is 0 Å². The Morgan fingerprint density at radius 2 is 2.14 bits per heavy atom. The van der Waals surface area contributed by atoms with E-state index in [1.807, 2.05) is 13.8 Å². The summed E-state index contributed by atoms with van der Waals surface area (Å²) < 4.78 is 5.44. The van der Waals surface area contributed by atoms with Crippen LogP contribution in [0.1, 0.15) is 19.4 Å². The molecule has 0 fully saturated rings. The van der Waals surface area contributed by atoms with Gasteiger partial charge in [0.1, 0.15) is 11.6 Å². The predicted molar refractivity (Wildman–Crippen MR) is 58.2 cm³/mol. The number of benzene rings is 1. The molecule has 3 nitrogen and oxygen atoms in total. The molecule has 0 aliphatic carbocycles. The van der Waals surface area contributed by atoms with Gasteiger partial charge in [0.05, 0.1) is 11.1 Å². The lowest BCUT2D eigenvalue weighted by Crippen LogP contribution is -2.11. The first-order chi connectivity index (χ1) is 6.50. The Bertz CT molecular complexity index is 350. The van der Waals surface area contributed by atoms with Crippen LogP contribution in [0.5, 0.6) is 5.75 Å². The van der Waals surface area contributed by atoms with Gasteiger partial charge in [-0.15, -0.1) is 0 Å². The molecule has 1 aromatic rings. The molecule has 0 atom stereocenters. The van der Waals surface area contributed by atoms with Crippen molar-refractivity contribution < 1.29 is 4.74 Å². The van der Waals surface area contributed by atoms with Crippen molar-refractivity contribution in [2.24, 2.45) is 5.73 Å². The van der Waals surface area contributed by atoms with Crippen molar-refractivity contribution in [1.29, 1.82) is 5.41 Å². The topological polar surface area (TPSA) is 59.1 Å². The SMILES string of the molecule is CC(C)Oc1ccc(C(=N)N)cc1Cl. The highest BCUT2D eigenvalue weighted by molar-refractivity contribution is 6.32. The first kappa shape index (κ1) is 10.9. The summed E-state index contributed by atoms with van der Waals surface area (Å²) in [5.74, 6) is 0.620. The minimum atomic E-state index is 0.00277. The Morgan fingerprint density at radius 1 is 1.50 bits per heavy atom. The van der Waals surface area contributed by atoms with E-state index in [-0.39, 0.29) is 11.9 Å².